The minimum absolute atomic E-state index is 0.664. The summed E-state index contributed by atoms with van der Waals surface area (Å²) in [5.74, 6) is 0. The molecule has 54 valence electrons. The first-order valence-electron chi connectivity index (χ1n) is 3.29. The smallest absolute Gasteiger partial charge is 0.150 e. The third-order valence-electron chi connectivity index (χ3n) is 0.992. The molecule has 10 heavy (non-hydrogen) atoms. The molecule has 0 unspecified atom stereocenters. The van der Waals surface area contributed by atoms with E-state index in [1.165, 1.54) is 0 Å². The molecule has 0 bridgehead atoms. The van der Waals surface area contributed by atoms with Crippen molar-refractivity contribution in [1.82, 2.24) is 0 Å². The van der Waals surface area contributed by atoms with Gasteiger partial charge in [-0.3, -0.25) is 4.79 Å². The molecule has 0 aliphatic carbocycles. The number of allylic oxidation sites excluding steroid dienone is 5. The number of aldehydes is 1. The van der Waals surface area contributed by atoms with E-state index < -0.39 is 0 Å². The Morgan fingerprint density at radius 1 is 1.60 bits per heavy atom. The zero-order valence-corrected chi connectivity index (χ0v) is 6.21. The van der Waals surface area contributed by atoms with Crippen LogP contribution in [0.25, 0.3) is 0 Å². The topological polar surface area (TPSA) is 17.1 Å². The van der Waals surface area contributed by atoms with Crippen molar-refractivity contribution in [2.75, 3.05) is 0 Å². The standard InChI is InChI=1S/C9H12O/c1-3-5-7-9(8-10)6-4-2/h4-8H,2-3H2,1H3/b7-5-,9-6+. The Bertz CT molecular complexity index is 164. The highest BCUT2D eigenvalue weighted by Crippen LogP contribution is 1.93. The summed E-state index contributed by atoms with van der Waals surface area (Å²) in [4.78, 5) is 10.2. The van der Waals surface area contributed by atoms with Crippen molar-refractivity contribution < 1.29 is 4.79 Å². The molecule has 0 rings (SSSR count). The molecular formula is C9H12O. The highest BCUT2D eigenvalue weighted by molar-refractivity contribution is 5.77. The van der Waals surface area contributed by atoms with Gasteiger partial charge < -0.3 is 0 Å². The van der Waals surface area contributed by atoms with E-state index in [1.807, 2.05) is 13.0 Å². The predicted octanol–water partition coefficient (Wildman–Crippen LogP) is 2.26. The van der Waals surface area contributed by atoms with Gasteiger partial charge in [-0.1, -0.05) is 37.8 Å². The molecular weight excluding hydrogens is 124 g/mol. The molecule has 0 spiro atoms. The lowest BCUT2D eigenvalue weighted by molar-refractivity contribution is -0.104. The van der Waals surface area contributed by atoms with Crippen LogP contribution in [0.1, 0.15) is 13.3 Å². The lowest BCUT2D eigenvalue weighted by atomic mass is 10.2. The quantitative estimate of drug-likeness (QED) is 0.329. The molecule has 0 aromatic heterocycles. The number of hydrogen-bond acceptors (Lipinski definition) is 1. The molecule has 1 nitrogen and oxygen atoms in total. The Morgan fingerprint density at radius 2 is 2.30 bits per heavy atom. The summed E-state index contributed by atoms with van der Waals surface area (Å²) in [6.07, 6.45) is 8.76. The van der Waals surface area contributed by atoms with Gasteiger partial charge in [-0.25, -0.2) is 0 Å². The van der Waals surface area contributed by atoms with Gasteiger partial charge in [0, 0.05) is 5.57 Å². The monoisotopic (exact) mass is 136 g/mol. The highest BCUT2D eigenvalue weighted by Gasteiger charge is 1.82. The minimum Gasteiger partial charge on any atom is -0.298 e. The van der Waals surface area contributed by atoms with E-state index in [-0.39, 0.29) is 0 Å². The Balaban J connectivity index is 4.07. The van der Waals surface area contributed by atoms with E-state index in [0.717, 1.165) is 12.7 Å². The van der Waals surface area contributed by atoms with Gasteiger partial charge in [0.2, 0.25) is 0 Å². The van der Waals surface area contributed by atoms with E-state index in [2.05, 4.69) is 6.58 Å². The molecule has 0 radical (unpaired) electrons. The summed E-state index contributed by atoms with van der Waals surface area (Å²) in [6.45, 7) is 5.51. The molecule has 0 aromatic rings. The third-order valence-corrected chi connectivity index (χ3v) is 0.992. The number of hydrogen-bond donors (Lipinski definition) is 0. The Labute approximate surface area is 61.8 Å². The van der Waals surface area contributed by atoms with Gasteiger partial charge in [0.1, 0.15) is 6.29 Å². The van der Waals surface area contributed by atoms with Crippen molar-refractivity contribution in [2.45, 2.75) is 13.3 Å². The summed E-state index contributed by atoms with van der Waals surface area (Å²) in [5, 5.41) is 0. The first-order valence-corrected chi connectivity index (χ1v) is 3.29. The lowest BCUT2D eigenvalue weighted by Crippen LogP contribution is -1.76. The number of carbonyl (C=O) groups excluding carboxylic acids is 1. The second-order valence-corrected chi connectivity index (χ2v) is 1.83. The van der Waals surface area contributed by atoms with Crippen LogP contribution >= 0.6 is 0 Å². The van der Waals surface area contributed by atoms with Crippen molar-refractivity contribution in [3.05, 3.63) is 36.5 Å². The maximum Gasteiger partial charge on any atom is 0.150 e. The fourth-order valence-electron chi connectivity index (χ4n) is 0.524. The van der Waals surface area contributed by atoms with Gasteiger partial charge >= 0.3 is 0 Å². The van der Waals surface area contributed by atoms with Crippen LogP contribution in [-0.2, 0) is 4.79 Å². The van der Waals surface area contributed by atoms with Crippen molar-refractivity contribution in [3.63, 3.8) is 0 Å². The van der Waals surface area contributed by atoms with Gasteiger partial charge in [0.15, 0.2) is 0 Å². The van der Waals surface area contributed by atoms with E-state index >= 15 is 0 Å². The van der Waals surface area contributed by atoms with Gasteiger partial charge in [0.25, 0.3) is 0 Å². The molecule has 0 heterocycles. The molecule has 0 N–H and O–H groups in total. The predicted molar refractivity (Wildman–Crippen MR) is 43.8 cm³/mol. The number of carbonyl (C=O) groups is 1. The number of rotatable bonds is 4. The van der Waals surface area contributed by atoms with Gasteiger partial charge in [-0.2, -0.15) is 0 Å². The fraction of sp³-hybridized carbons (Fsp3) is 0.222. The Kier molecular flexibility index (Phi) is 5.35. The summed E-state index contributed by atoms with van der Waals surface area (Å²) in [6, 6.07) is 0. The minimum atomic E-state index is 0.664. The van der Waals surface area contributed by atoms with Crippen LogP contribution in [0.4, 0.5) is 0 Å². The Morgan fingerprint density at radius 3 is 2.70 bits per heavy atom. The van der Waals surface area contributed by atoms with E-state index in [4.69, 9.17) is 0 Å². The van der Waals surface area contributed by atoms with Crippen LogP contribution in [0.15, 0.2) is 36.5 Å². The normalized spacial score (nSPS) is 11.9. The average Bonchev–Trinajstić information content (AvgIpc) is 1.98. The maximum absolute atomic E-state index is 10.2. The van der Waals surface area contributed by atoms with Crippen molar-refractivity contribution >= 4 is 6.29 Å². The van der Waals surface area contributed by atoms with E-state index in [1.54, 1.807) is 18.2 Å². The first kappa shape index (κ1) is 8.89. The molecule has 0 amide bonds. The first-order chi connectivity index (χ1) is 4.85. The van der Waals surface area contributed by atoms with Crippen LogP contribution in [0.5, 0.6) is 0 Å². The van der Waals surface area contributed by atoms with Crippen molar-refractivity contribution in [3.8, 4) is 0 Å². The van der Waals surface area contributed by atoms with Crippen molar-refractivity contribution in [2.24, 2.45) is 0 Å². The average molecular weight is 136 g/mol. The second-order valence-electron chi connectivity index (χ2n) is 1.83. The van der Waals surface area contributed by atoms with E-state index in [9.17, 15) is 4.79 Å². The molecule has 0 aromatic carbocycles. The molecule has 0 saturated carbocycles. The van der Waals surface area contributed by atoms with Crippen LogP contribution in [0.3, 0.4) is 0 Å². The Hall–Kier alpha value is -1.11. The molecule has 0 saturated heterocycles. The molecule has 1 heteroatoms. The summed E-state index contributed by atoms with van der Waals surface area (Å²) < 4.78 is 0. The van der Waals surface area contributed by atoms with Crippen LogP contribution in [-0.4, -0.2) is 6.29 Å². The van der Waals surface area contributed by atoms with Crippen LogP contribution < -0.4 is 0 Å². The lowest BCUT2D eigenvalue weighted by Gasteiger charge is -1.84. The van der Waals surface area contributed by atoms with Gasteiger partial charge in [-0.05, 0) is 6.42 Å². The third kappa shape index (κ3) is 3.84. The molecule has 0 fully saturated rings. The SMILES string of the molecule is C=C/C=C(C=O)\C=C/CC. The van der Waals surface area contributed by atoms with Gasteiger partial charge in [0.05, 0.1) is 0 Å². The zero-order chi connectivity index (χ0) is 7.82. The second kappa shape index (κ2) is 6.02. The zero-order valence-electron chi connectivity index (χ0n) is 6.21. The largest absolute Gasteiger partial charge is 0.298 e. The van der Waals surface area contributed by atoms with E-state index in [0.29, 0.717) is 5.57 Å². The molecule has 0 aliphatic rings. The van der Waals surface area contributed by atoms with Crippen molar-refractivity contribution in [1.29, 1.82) is 0 Å². The fourth-order valence-corrected chi connectivity index (χ4v) is 0.524. The van der Waals surface area contributed by atoms with Gasteiger partial charge in [-0.15, -0.1) is 0 Å². The summed E-state index contributed by atoms with van der Waals surface area (Å²) in [5.41, 5.74) is 0.664. The molecule has 0 aliphatic heterocycles. The summed E-state index contributed by atoms with van der Waals surface area (Å²) >= 11 is 0. The van der Waals surface area contributed by atoms with Crippen LogP contribution in [0, 0.1) is 0 Å². The highest BCUT2D eigenvalue weighted by atomic mass is 16.1. The molecule has 0 atom stereocenters. The summed E-state index contributed by atoms with van der Waals surface area (Å²) in [7, 11) is 0. The maximum atomic E-state index is 10.2. The van der Waals surface area contributed by atoms with Crippen LogP contribution in [0.2, 0.25) is 0 Å².